The molecule has 21 heavy (non-hydrogen) atoms. The maximum absolute atomic E-state index is 12.4. The van der Waals surface area contributed by atoms with Gasteiger partial charge in [0, 0.05) is 16.5 Å². The zero-order chi connectivity index (χ0) is 15.1. The number of nitrogens with two attached hydrogens (primary N) is 1. The smallest absolute Gasteiger partial charge is 0.269 e. The van der Waals surface area contributed by atoms with Crippen molar-refractivity contribution in [2.45, 2.75) is 20.8 Å². The van der Waals surface area contributed by atoms with Crippen LogP contribution < -0.4 is 11.1 Å². The lowest BCUT2D eigenvalue weighted by molar-refractivity contribution is 0.103. The highest BCUT2D eigenvalue weighted by atomic mass is 32.1. The van der Waals surface area contributed by atoms with Gasteiger partial charge < -0.3 is 5.73 Å². The minimum Gasteiger partial charge on any atom is -0.397 e. The summed E-state index contributed by atoms with van der Waals surface area (Å²) in [6.45, 7) is 5.79. The predicted molar refractivity (Wildman–Crippen MR) is 88.3 cm³/mol. The average Bonchev–Trinajstić information content (AvgIpc) is 2.93. The molecule has 0 aromatic carbocycles. The number of rotatable bonds is 2. The van der Waals surface area contributed by atoms with E-state index in [1.165, 1.54) is 22.7 Å². The molecule has 3 N–H and O–H groups in total. The van der Waals surface area contributed by atoms with Crippen LogP contribution in [0.15, 0.2) is 11.4 Å². The zero-order valence-corrected chi connectivity index (χ0v) is 13.5. The molecule has 5 nitrogen and oxygen atoms in total. The average molecular weight is 318 g/mol. The first-order chi connectivity index (χ1) is 9.95. The van der Waals surface area contributed by atoms with Gasteiger partial charge in [-0.25, -0.2) is 9.97 Å². The van der Waals surface area contributed by atoms with Crippen molar-refractivity contribution in [3.8, 4) is 0 Å². The van der Waals surface area contributed by atoms with Crippen LogP contribution >= 0.6 is 22.7 Å². The molecule has 0 aliphatic heterocycles. The topological polar surface area (TPSA) is 80.9 Å². The number of nitrogens with one attached hydrogen (secondary N) is 1. The Labute approximate surface area is 129 Å². The monoisotopic (exact) mass is 318 g/mol. The molecule has 0 spiro atoms. The largest absolute Gasteiger partial charge is 0.397 e. The number of anilines is 2. The molecule has 3 heterocycles. The second-order valence-corrected chi connectivity index (χ2v) is 6.71. The van der Waals surface area contributed by atoms with E-state index in [2.05, 4.69) is 15.3 Å². The Kier molecular flexibility index (Phi) is 3.38. The highest BCUT2D eigenvalue weighted by Gasteiger charge is 2.19. The summed E-state index contributed by atoms with van der Waals surface area (Å²) in [6.07, 6.45) is 0. The number of thiophene rings is 1. The predicted octanol–water partition coefficient (Wildman–Crippen LogP) is 3.51. The minimum atomic E-state index is -0.234. The number of carbonyl (C=O) groups excluding carboxylic acids is 1. The molecule has 0 saturated carbocycles. The quantitative estimate of drug-likeness (QED) is 0.757. The molecule has 0 aliphatic carbocycles. The maximum Gasteiger partial charge on any atom is 0.269 e. The van der Waals surface area contributed by atoms with Gasteiger partial charge in [-0.3, -0.25) is 10.1 Å². The second kappa shape index (κ2) is 5.09. The number of nitrogens with zero attached hydrogens (tertiary/aromatic N) is 2. The number of fused-ring (bicyclic) bond motifs is 1. The summed E-state index contributed by atoms with van der Waals surface area (Å²) in [6, 6.07) is 1.97. The van der Waals surface area contributed by atoms with Crippen LogP contribution in [-0.2, 0) is 0 Å². The van der Waals surface area contributed by atoms with Gasteiger partial charge in [0.05, 0.1) is 11.4 Å². The molecule has 3 rings (SSSR count). The third kappa shape index (κ3) is 2.50. The van der Waals surface area contributed by atoms with Gasteiger partial charge in [0.1, 0.15) is 9.71 Å². The van der Waals surface area contributed by atoms with Gasteiger partial charge in [0.25, 0.3) is 5.91 Å². The Morgan fingerprint density at radius 2 is 2.00 bits per heavy atom. The summed E-state index contributed by atoms with van der Waals surface area (Å²) in [5, 5.41) is 6.12. The molecule has 108 valence electrons. The lowest BCUT2D eigenvalue weighted by Gasteiger charge is -2.01. The van der Waals surface area contributed by atoms with Gasteiger partial charge in [-0.1, -0.05) is 0 Å². The Morgan fingerprint density at radius 1 is 1.24 bits per heavy atom. The van der Waals surface area contributed by atoms with Crippen molar-refractivity contribution < 1.29 is 4.79 Å². The Hall–Kier alpha value is -1.99. The molecule has 3 aromatic rings. The standard InChI is InChI=1S/C14H14N4OS2/c1-6-4-7(2)16-13-9(6)10(15)11(21-13)12(19)18-14-17-8(3)5-20-14/h4-5H,15H2,1-3H3,(H,17,18,19). The lowest BCUT2D eigenvalue weighted by Crippen LogP contribution is -2.11. The van der Waals surface area contributed by atoms with Crippen molar-refractivity contribution in [1.82, 2.24) is 9.97 Å². The summed E-state index contributed by atoms with van der Waals surface area (Å²) in [4.78, 5) is 22.3. The molecular weight excluding hydrogens is 304 g/mol. The number of aryl methyl sites for hydroxylation is 3. The van der Waals surface area contributed by atoms with Gasteiger partial charge >= 0.3 is 0 Å². The van der Waals surface area contributed by atoms with Crippen molar-refractivity contribution in [2.75, 3.05) is 11.1 Å². The fourth-order valence-corrected chi connectivity index (χ4v) is 4.00. The van der Waals surface area contributed by atoms with Crippen molar-refractivity contribution in [1.29, 1.82) is 0 Å². The normalized spacial score (nSPS) is 11.0. The van der Waals surface area contributed by atoms with E-state index in [1.54, 1.807) is 0 Å². The minimum absolute atomic E-state index is 0.234. The third-order valence-corrected chi connectivity index (χ3v) is 5.04. The SMILES string of the molecule is Cc1csc(NC(=O)c2sc3nc(C)cc(C)c3c2N)n1. The second-order valence-electron chi connectivity index (χ2n) is 4.85. The van der Waals surface area contributed by atoms with E-state index in [1.807, 2.05) is 32.2 Å². The molecule has 0 unspecified atom stereocenters. The van der Waals surface area contributed by atoms with Crippen molar-refractivity contribution in [3.63, 3.8) is 0 Å². The maximum atomic E-state index is 12.4. The molecule has 1 amide bonds. The summed E-state index contributed by atoms with van der Waals surface area (Å²) in [5.41, 5.74) is 9.47. The zero-order valence-electron chi connectivity index (χ0n) is 11.9. The molecule has 0 radical (unpaired) electrons. The van der Waals surface area contributed by atoms with Crippen LogP contribution in [0.4, 0.5) is 10.8 Å². The Bertz CT molecular complexity index is 850. The van der Waals surface area contributed by atoms with Gasteiger partial charge in [-0.15, -0.1) is 22.7 Å². The van der Waals surface area contributed by atoms with E-state index in [4.69, 9.17) is 5.73 Å². The number of nitrogen functional groups attached to an aromatic ring is 1. The third-order valence-electron chi connectivity index (χ3n) is 3.07. The van der Waals surface area contributed by atoms with E-state index in [-0.39, 0.29) is 5.91 Å². The molecule has 0 atom stereocenters. The van der Waals surface area contributed by atoms with Crippen LogP contribution in [0, 0.1) is 20.8 Å². The van der Waals surface area contributed by atoms with E-state index >= 15 is 0 Å². The number of carbonyl (C=O) groups is 1. The number of amides is 1. The molecule has 0 fully saturated rings. The lowest BCUT2D eigenvalue weighted by atomic mass is 10.1. The van der Waals surface area contributed by atoms with Crippen molar-refractivity contribution >= 4 is 49.6 Å². The van der Waals surface area contributed by atoms with Gasteiger partial charge in [0.2, 0.25) is 0 Å². The first-order valence-electron chi connectivity index (χ1n) is 6.35. The summed E-state index contributed by atoms with van der Waals surface area (Å²) in [7, 11) is 0. The van der Waals surface area contributed by atoms with Crippen molar-refractivity contribution in [2.24, 2.45) is 0 Å². The molecule has 0 aliphatic rings. The number of hydrogen-bond acceptors (Lipinski definition) is 6. The van der Waals surface area contributed by atoms with E-state index in [9.17, 15) is 4.79 Å². The Balaban J connectivity index is 2.02. The molecule has 0 bridgehead atoms. The van der Waals surface area contributed by atoms with E-state index in [0.717, 1.165) is 27.2 Å². The van der Waals surface area contributed by atoms with Crippen LogP contribution in [0.1, 0.15) is 26.6 Å². The number of hydrogen-bond donors (Lipinski definition) is 2. The highest BCUT2D eigenvalue weighted by Crippen LogP contribution is 2.35. The summed E-state index contributed by atoms with van der Waals surface area (Å²) < 4.78 is 0. The first kappa shape index (κ1) is 14.0. The summed E-state index contributed by atoms with van der Waals surface area (Å²) in [5.74, 6) is -0.234. The summed E-state index contributed by atoms with van der Waals surface area (Å²) >= 11 is 2.71. The van der Waals surface area contributed by atoms with Crippen LogP contribution in [0.25, 0.3) is 10.2 Å². The van der Waals surface area contributed by atoms with Crippen LogP contribution in [0.5, 0.6) is 0 Å². The Morgan fingerprint density at radius 3 is 2.67 bits per heavy atom. The van der Waals surface area contributed by atoms with Gasteiger partial charge in [-0.2, -0.15) is 0 Å². The highest BCUT2D eigenvalue weighted by molar-refractivity contribution is 7.21. The fourth-order valence-electron chi connectivity index (χ4n) is 2.20. The van der Waals surface area contributed by atoms with Crippen LogP contribution in [0.2, 0.25) is 0 Å². The fraction of sp³-hybridized carbons (Fsp3) is 0.214. The van der Waals surface area contributed by atoms with E-state index < -0.39 is 0 Å². The number of pyridine rings is 1. The molecule has 3 aromatic heterocycles. The molecule has 7 heteroatoms. The number of aromatic nitrogens is 2. The van der Waals surface area contributed by atoms with Gasteiger partial charge in [0.15, 0.2) is 5.13 Å². The van der Waals surface area contributed by atoms with Gasteiger partial charge in [-0.05, 0) is 32.4 Å². The number of thiazole rings is 1. The van der Waals surface area contributed by atoms with Crippen LogP contribution in [-0.4, -0.2) is 15.9 Å². The van der Waals surface area contributed by atoms with Crippen molar-refractivity contribution in [3.05, 3.63) is 33.3 Å². The molecular formula is C14H14N4OS2. The first-order valence-corrected chi connectivity index (χ1v) is 8.05. The van der Waals surface area contributed by atoms with E-state index in [0.29, 0.717) is 15.7 Å². The molecule has 0 saturated heterocycles. The van der Waals surface area contributed by atoms with Crippen LogP contribution in [0.3, 0.4) is 0 Å².